The Bertz CT molecular complexity index is 1370. The highest BCUT2D eigenvalue weighted by molar-refractivity contribution is 8.02. The Morgan fingerprint density at radius 3 is 2.39 bits per heavy atom. The summed E-state index contributed by atoms with van der Waals surface area (Å²) < 4.78 is -1.35. The first-order valence-corrected chi connectivity index (χ1v) is 15.1. The van der Waals surface area contributed by atoms with Gasteiger partial charge in [-0.15, -0.1) is 24.9 Å². The van der Waals surface area contributed by atoms with Crippen LogP contribution in [0.3, 0.4) is 0 Å². The molecular weight excluding hydrogens is 558 g/mol. The first-order valence-electron chi connectivity index (χ1n) is 13.9. The minimum absolute atomic E-state index is 0.123. The summed E-state index contributed by atoms with van der Waals surface area (Å²) in [6.45, 7) is 9.87. The zero-order chi connectivity index (χ0) is 29.5. The van der Waals surface area contributed by atoms with Crippen LogP contribution < -0.4 is 4.90 Å². The van der Waals surface area contributed by atoms with Crippen LogP contribution >= 0.6 is 23.4 Å². The van der Waals surface area contributed by atoms with Crippen molar-refractivity contribution in [3.05, 3.63) is 90.5 Å². The van der Waals surface area contributed by atoms with Gasteiger partial charge in [-0.2, -0.15) is 0 Å². The number of hydrogen-bond donors (Lipinski definition) is 1. The molecule has 5 rings (SSSR count). The lowest BCUT2D eigenvalue weighted by Crippen LogP contribution is -2.56. The molecule has 1 spiro atoms. The number of nitrogens with zero attached hydrogens (tertiary/aromatic N) is 3. The highest BCUT2D eigenvalue weighted by Gasteiger charge is 2.78. The highest BCUT2D eigenvalue weighted by atomic mass is 35.5. The Labute approximate surface area is 250 Å². The van der Waals surface area contributed by atoms with E-state index in [9.17, 15) is 19.5 Å². The van der Waals surface area contributed by atoms with Crippen LogP contribution in [0.4, 0.5) is 5.69 Å². The van der Waals surface area contributed by atoms with E-state index < -0.39 is 33.4 Å². The maximum absolute atomic E-state index is 14.9. The number of para-hydroxylation sites is 1. The number of halogens is 1. The van der Waals surface area contributed by atoms with Crippen molar-refractivity contribution in [3.63, 3.8) is 0 Å². The number of aliphatic hydroxyl groups is 1. The number of amides is 3. The molecule has 2 bridgehead atoms. The zero-order valence-corrected chi connectivity index (χ0v) is 25.0. The van der Waals surface area contributed by atoms with E-state index in [4.69, 9.17) is 11.6 Å². The van der Waals surface area contributed by atoms with Crippen LogP contribution in [0, 0.1) is 11.8 Å². The molecule has 1 N–H and O–H groups in total. The second-order valence-corrected chi connectivity index (χ2v) is 13.6. The van der Waals surface area contributed by atoms with E-state index in [-0.39, 0.29) is 30.9 Å². The quantitative estimate of drug-likeness (QED) is 0.403. The van der Waals surface area contributed by atoms with Crippen LogP contribution in [-0.2, 0) is 14.4 Å². The molecule has 216 valence electrons. The lowest BCUT2D eigenvalue weighted by atomic mass is 9.66. The predicted octanol–water partition coefficient (Wildman–Crippen LogP) is 4.72. The van der Waals surface area contributed by atoms with Crippen LogP contribution in [0.2, 0.25) is 5.02 Å². The minimum Gasteiger partial charge on any atom is -0.394 e. The number of rotatable bonds is 10. The number of anilines is 1. The molecule has 3 saturated heterocycles. The summed E-state index contributed by atoms with van der Waals surface area (Å²) in [5.41, 5.74) is 1.25. The molecule has 2 aromatic carbocycles. The number of fused-ring (bicyclic) bond motifs is 1. The number of likely N-dealkylation sites (N-methyl/N-ethyl adjacent to an activating group) is 1. The fraction of sp³-hybridized carbons (Fsp3) is 0.406. The van der Waals surface area contributed by atoms with Gasteiger partial charge in [0.15, 0.2) is 0 Å². The summed E-state index contributed by atoms with van der Waals surface area (Å²) in [4.78, 5) is 48.2. The molecule has 0 radical (unpaired) electrons. The van der Waals surface area contributed by atoms with Crippen molar-refractivity contribution >= 4 is 46.8 Å². The van der Waals surface area contributed by atoms with Crippen molar-refractivity contribution in [2.24, 2.45) is 11.8 Å². The molecule has 3 amide bonds. The van der Waals surface area contributed by atoms with Gasteiger partial charge in [0.2, 0.25) is 11.8 Å². The van der Waals surface area contributed by atoms with Crippen molar-refractivity contribution in [1.82, 2.24) is 9.80 Å². The molecule has 3 fully saturated rings. The smallest absolute Gasteiger partial charge is 0.251 e. The third-order valence-electron chi connectivity index (χ3n) is 8.91. The number of benzene rings is 2. The first kappa shape index (κ1) is 29.4. The number of aliphatic hydroxyl groups excluding tert-OH is 1. The average Bonchev–Trinajstić information content (AvgIpc) is 3.53. The van der Waals surface area contributed by atoms with E-state index in [1.807, 2.05) is 43.3 Å². The molecule has 3 aliphatic heterocycles. The summed E-state index contributed by atoms with van der Waals surface area (Å²) in [6.07, 6.45) is 4.60. The lowest BCUT2D eigenvalue weighted by Gasteiger charge is -2.40. The Balaban J connectivity index is 1.68. The van der Waals surface area contributed by atoms with Crippen LogP contribution in [0.1, 0.15) is 31.4 Å². The van der Waals surface area contributed by atoms with Crippen LogP contribution in [0.25, 0.3) is 0 Å². The van der Waals surface area contributed by atoms with Crippen LogP contribution in [-0.4, -0.2) is 74.9 Å². The standard InChI is InChI=1S/C32H36ClN3O4S/c1-5-18-34(4)28(38)25-26-29(39)36(24(20-37)21-12-8-7-9-13-21)27(32(26)17-16-31(25,3)41-32)30(40)35(19-6-2)23-15-11-10-14-22(23)33/h5-15,24-27,37H,1-2,16-20H2,3-4H3/t24-,25+,26+,27?,31-,32?/m1/s1. The lowest BCUT2D eigenvalue weighted by molar-refractivity contribution is -0.146. The van der Waals surface area contributed by atoms with Crippen LogP contribution in [0.5, 0.6) is 0 Å². The fourth-order valence-electron chi connectivity index (χ4n) is 7.16. The van der Waals surface area contributed by atoms with E-state index >= 15 is 0 Å². The zero-order valence-electron chi connectivity index (χ0n) is 23.4. The molecule has 2 aromatic rings. The molecule has 6 atom stereocenters. The van der Waals surface area contributed by atoms with Gasteiger partial charge in [-0.05, 0) is 37.5 Å². The van der Waals surface area contributed by atoms with E-state index in [1.165, 1.54) is 0 Å². The number of hydrogen-bond acceptors (Lipinski definition) is 5. The molecule has 0 saturated carbocycles. The summed E-state index contributed by atoms with van der Waals surface area (Å²) in [6, 6.07) is 14.7. The summed E-state index contributed by atoms with van der Waals surface area (Å²) in [5.74, 6) is -2.02. The van der Waals surface area contributed by atoms with E-state index in [0.29, 0.717) is 30.1 Å². The third kappa shape index (κ3) is 4.60. The van der Waals surface area contributed by atoms with E-state index in [2.05, 4.69) is 13.2 Å². The second-order valence-electron chi connectivity index (χ2n) is 11.3. The Morgan fingerprint density at radius 2 is 1.76 bits per heavy atom. The van der Waals surface area contributed by atoms with Gasteiger partial charge in [0.1, 0.15) is 6.04 Å². The van der Waals surface area contributed by atoms with Gasteiger partial charge in [-0.1, -0.05) is 66.2 Å². The average molecular weight is 594 g/mol. The van der Waals surface area contributed by atoms with E-state index in [0.717, 1.165) is 5.56 Å². The predicted molar refractivity (Wildman–Crippen MR) is 164 cm³/mol. The molecule has 7 nitrogen and oxygen atoms in total. The topological polar surface area (TPSA) is 81.2 Å². The van der Waals surface area contributed by atoms with Crippen molar-refractivity contribution in [2.75, 3.05) is 31.6 Å². The third-order valence-corrected chi connectivity index (χ3v) is 11.2. The molecule has 3 aliphatic rings. The van der Waals surface area contributed by atoms with E-state index in [1.54, 1.807) is 63.9 Å². The largest absolute Gasteiger partial charge is 0.394 e. The van der Waals surface area contributed by atoms with Gasteiger partial charge in [0, 0.05) is 24.9 Å². The number of likely N-dealkylation sites (tertiary alicyclic amines) is 1. The monoisotopic (exact) mass is 593 g/mol. The maximum Gasteiger partial charge on any atom is 0.251 e. The fourth-order valence-corrected chi connectivity index (χ4v) is 9.73. The van der Waals surface area contributed by atoms with Gasteiger partial charge in [0.25, 0.3) is 5.91 Å². The molecule has 41 heavy (non-hydrogen) atoms. The SMILES string of the molecule is C=CCN(C)C(=O)[C@@H]1[C@H]2C(=O)N([C@H](CO)c3ccccc3)C(C(=O)N(CC=C)c3ccccc3Cl)C23CC[C@@]1(C)S3. The van der Waals surface area contributed by atoms with Gasteiger partial charge in [-0.25, -0.2) is 0 Å². The van der Waals surface area contributed by atoms with Gasteiger partial charge in [-0.3, -0.25) is 14.4 Å². The minimum atomic E-state index is -0.928. The number of carbonyl (C=O) groups excluding carboxylic acids is 3. The Hall–Kier alpha value is -3.07. The molecule has 9 heteroatoms. The molecule has 0 aromatic heterocycles. The van der Waals surface area contributed by atoms with Crippen molar-refractivity contribution in [3.8, 4) is 0 Å². The maximum atomic E-state index is 14.9. The van der Waals surface area contributed by atoms with Gasteiger partial charge < -0.3 is 19.8 Å². The normalized spacial score (nSPS) is 28.7. The first-order chi connectivity index (χ1) is 19.6. The van der Waals surface area contributed by atoms with Crippen molar-refractivity contribution in [2.45, 2.75) is 41.3 Å². The summed E-state index contributed by atoms with van der Waals surface area (Å²) >= 11 is 8.19. The Kier molecular flexibility index (Phi) is 8.12. The Morgan fingerprint density at radius 1 is 1.10 bits per heavy atom. The highest BCUT2D eigenvalue weighted by Crippen LogP contribution is 2.72. The number of thioether (sulfide) groups is 1. The summed E-state index contributed by atoms with van der Waals surface area (Å²) in [5, 5.41) is 11.1. The second kappa shape index (κ2) is 11.3. The van der Waals surface area contributed by atoms with Crippen LogP contribution in [0.15, 0.2) is 79.9 Å². The van der Waals surface area contributed by atoms with Crippen molar-refractivity contribution in [1.29, 1.82) is 0 Å². The summed E-state index contributed by atoms with van der Waals surface area (Å²) in [7, 11) is 1.72. The molecule has 3 heterocycles. The number of carbonyl (C=O) groups is 3. The molecule has 2 unspecified atom stereocenters. The van der Waals surface area contributed by atoms with Crippen molar-refractivity contribution < 1.29 is 19.5 Å². The molecule has 0 aliphatic carbocycles. The molecular formula is C32H36ClN3O4S. The van der Waals surface area contributed by atoms with Gasteiger partial charge in [0.05, 0.1) is 39.9 Å². The van der Waals surface area contributed by atoms with Gasteiger partial charge >= 0.3 is 0 Å².